The van der Waals surface area contributed by atoms with E-state index in [-0.39, 0.29) is 0 Å². The molecular weight excluding hydrogens is 288 g/mol. The van der Waals surface area contributed by atoms with Crippen molar-refractivity contribution in [3.8, 4) is 17.6 Å². The number of rotatable bonds is 5. The average molecular weight is 303 g/mol. The predicted octanol–water partition coefficient (Wildman–Crippen LogP) is 3.84. The van der Waals surface area contributed by atoms with Crippen molar-refractivity contribution in [2.45, 2.75) is 6.54 Å². The standard InChI is InChI=1S/C16H15ClN2O2/c1-20-15-6-5-13(8-16(15)21-2)19-10-12-4-3-11(9-18)7-14(12)17/h3-8,19H,10H2,1-2H3. The topological polar surface area (TPSA) is 54.3 Å². The molecule has 21 heavy (non-hydrogen) atoms. The van der Waals surface area contributed by atoms with Crippen LogP contribution in [0.4, 0.5) is 5.69 Å². The Labute approximate surface area is 128 Å². The summed E-state index contributed by atoms with van der Waals surface area (Å²) in [7, 11) is 3.20. The minimum Gasteiger partial charge on any atom is -0.493 e. The van der Waals surface area contributed by atoms with E-state index >= 15 is 0 Å². The van der Waals surface area contributed by atoms with E-state index in [4.69, 9.17) is 26.3 Å². The maximum atomic E-state index is 8.82. The lowest BCUT2D eigenvalue weighted by Gasteiger charge is -2.12. The Hall–Kier alpha value is -2.38. The summed E-state index contributed by atoms with van der Waals surface area (Å²) in [6, 6.07) is 12.9. The molecule has 4 nitrogen and oxygen atoms in total. The number of nitrogens with zero attached hydrogens (tertiary/aromatic N) is 1. The largest absolute Gasteiger partial charge is 0.493 e. The van der Waals surface area contributed by atoms with Crippen molar-refractivity contribution in [2.75, 3.05) is 19.5 Å². The highest BCUT2D eigenvalue weighted by atomic mass is 35.5. The summed E-state index contributed by atoms with van der Waals surface area (Å²) >= 11 is 6.14. The molecule has 0 spiro atoms. The second-order valence-electron chi connectivity index (χ2n) is 4.34. The van der Waals surface area contributed by atoms with Crippen molar-refractivity contribution >= 4 is 17.3 Å². The van der Waals surface area contributed by atoms with Gasteiger partial charge in [0.1, 0.15) is 0 Å². The van der Waals surface area contributed by atoms with E-state index in [1.54, 1.807) is 26.4 Å². The minimum atomic E-state index is 0.551. The zero-order chi connectivity index (χ0) is 15.2. The number of halogens is 1. The highest BCUT2D eigenvalue weighted by Crippen LogP contribution is 2.30. The molecule has 0 bridgehead atoms. The van der Waals surface area contributed by atoms with E-state index in [2.05, 4.69) is 11.4 Å². The minimum absolute atomic E-state index is 0.551. The number of nitriles is 1. The number of nitrogens with one attached hydrogen (secondary N) is 1. The molecular formula is C16H15ClN2O2. The zero-order valence-electron chi connectivity index (χ0n) is 11.8. The molecule has 0 atom stereocenters. The quantitative estimate of drug-likeness (QED) is 0.911. The third-order valence-corrected chi connectivity index (χ3v) is 3.40. The van der Waals surface area contributed by atoms with E-state index < -0.39 is 0 Å². The maximum absolute atomic E-state index is 8.82. The van der Waals surface area contributed by atoms with Gasteiger partial charge in [0.25, 0.3) is 0 Å². The Kier molecular flexibility index (Phi) is 4.91. The Balaban J connectivity index is 2.11. The summed E-state index contributed by atoms with van der Waals surface area (Å²) in [6.07, 6.45) is 0. The van der Waals surface area contributed by atoms with E-state index in [0.29, 0.717) is 28.6 Å². The van der Waals surface area contributed by atoms with Crippen LogP contribution in [0.3, 0.4) is 0 Å². The predicted molar refractivity (Wildman–Crippen MR) is 83.0 cm³/mol. The van der Waals surface area contributed by atoms with Crippen molar-refractivity contribution in [2.24, 2.45) is 0 Å². The number of ether oxygens (including phenoxy) is 2. The fourth-order valence-corrected chi connectivity index (χ4v) is 2.15. The van der Waals surface area contributed by atoms with Gasteiger partial charge in [-0.2, -0.15) is 5.26 Å². The number of hydrogen-bond acceptors (Lipinski definition) is 4. The molecule has 108 valence electrons. The molecule has 0 saturated heterocycles. The van der Waals surface area contributed by atoms with Crippen molar-refractivity contribution in [1.29, 1.82) is 5.26 Å². The highest BCUT2D eigenvalue weighted by Gasteiger charge is 2.06. The number of methoxy groups -OCH3 is 2. The molecule has 2 rings (SSSR count). The van der Waals surface area contributed by atoms with Gasteiger partial charge in [-0.3, -0.25) is 0 Å². The van der Waals surface area contributed by atoms with Gasteiger partial charge in [-0.05, 0) is 29.8 Å². The van der Waals surface area contributed by atoms with Gasteiger partial charge in [0, 0.05) is 23.3 Å². The lowest BCUT2D eigenvalue weighted by Crippen LogP contribution is -2.01. The highest BCUT2D eigenvalue weighted by molar-refractivity contribution is 6.31. The van der Waals surface area contributed by atoms with Gasteiger partial charge in [-0.15, -0.1) is 0 Å². The Morgan fingerprint density at radius 3 is 2.48 bits per heavy atom. The van der Waals surface area contributed by atoms with Gasteiger partial charge >= 0.3 is 0 Å². The first-order valence-corrected chi connectivity index (χ1v) is 6.70. The third-order valence-electron chi connectivity index (χ3n) is 3.05. The molecule has 0 unspecified atom stereocenters. The van der Waals surface area contributed by atoms with E-state index in [1.165, 1.54) is 0 Å². The maximum Gasteiger partial charge on any atom is 0.162 e. The summed E-state index contributed by atoms with van der Waals surface area (Å²) in [6.45, 7) is 0.556. The van der Waals surface area contributed by atoms with Crippen molar-refractivity contribution in [3.63, 3.8) is 0 Å². The fourth-order valence-electron chi connectivity index (χ4n) is 1.90. The van der Waals surface area contributed by atoms with Crippen LogP contribution >= 0.6 is 11.6 Å². The smallest absolute Gasteiger partial charge is 0.162 e. The van der Waals surface area contributed by atoms with Gasteiger partial charge in [-0.1, -0.05) is 17.7 Å². The van der Waals surface area contributed by atoms with Crippen LogP contribution in [0.2, 0.25) is 5.02 Å². The van der Waals surface area contributed by atoms with Crippen LogP contribution < -0.4 is 14.8 Å². The van der Waals surface area contributed by atoms with Gasteiger partial charge in [0.05, 0.1) is 25.9 Å². The molecule has 0 aliphatic rings. The normalized spacial score (nSPS) is 9.81. The fraction of sp³-hybridized carbons (Fsp3) is 0.188. The molecule has 2 aromatic rings. The first-order chi connectivity index (χ1) is 10.2. The SMILES string of the molecule is COc1ccc(NCc2ccc(C#N)cc2Cl)cc1OC. The van der Waals surface area contributed by atoms with Crippen LogP contribution in [0.1, 0.15) is 11.1 Å². The molecule has 0 fully saturated rings. The van der Waals surface area contributed by atoms with Crippen LogP contribution in [0.5, 0.6) is 11.5 Å². The molecule has 0 aliphatic carbocycles. The van der Waals surface area contributed by atoms with E-state index in [1.807, 2.05) is 24.3 Å². The van der Waals surface area contributed by atoms with Crippen LogP contribution in [0.15, 0.2) is 36.4 Å². The molecule has 2 aromatic carbocycles. The van der Waals surface area contributed by atoms with Gasteiger partial charge in [0.2, 0.25) is 0 Å². The molecule has 0 aromatic heterocycles. The number of hydrogen-bond donors (Lipinski definition) is 1. The van der Waals surface area contributed by atoms with Crippen molar-refractivity contribution in [3.05, 3.63) is 52.5 Å². The van der Waals surface area contributed by atoms with E-state index in [9.17, 15) is 0 Å². The molecule has 5 heteroatoms. The monoisotopic (exact) mass is 302 g/mol. The Morgan fingerprint density at radius 2 is 1.86 bits per heavy atom. The van der Waals surface area contributed by atoms with Crippen LogP contribution in [0.25, 0.3) is 0 Å². The summed E-state index contributed by atoms with van der Waals surface area (Å²) in [5, 5.41) is 12.7. The van der Waals surface area contributed by atoms with Gasteiger partial charge < -0.3 is 14.8 Å². The van der Waals surface area contributed by atoms with Crippen LogP contribution in [0, 0.1) is 11.3 Å². The summed E-state index contributed by atoms with van der Waals surface area (Å²) in [5.74, 6) is 1.34. The van der Waals surface area contributed by atoms with Crippen LogP contribution in [-0.4, -0.2) is 14.2 Å². The second-order valence-corrected chi connectivity index (χ2v) is 4.75. The molecule has 0 radical (unpaired) electrons. The first kappa shape index (κ1) is 15.0. The lowest BCUT2D eigenvalue weighted by atomic mass is 10.1. The lowest BCUT2D eigenvalue weighted by molar-refractivity contribution is 0.355. The number of benzene rings is 2. The van der Waals surface area contributed by atoms with Gasteiger partial charge in [0.15, 0.2) is 11.5 Å². The third kappa shape index (κ3) is 3.59. The number of anilines is 1. The Bertz CT molecular complexity index is 680. The summed E-state index contributed by atoms with van der Waals surface area (Å²) in [4.78, 5) is 0. The zero-order valence-corrected chi connectivity index (χ0v) is 12.6. The van der Waals surface area contributed by atoms with Crippen molar-refractivity contribution < 1.29 is 9.47 Å². The van der Waals surface area contributed by atoms with Crippen molar-refractivity contribution in [1.82, 2.24) is 0 Å². The molecule has 0 saturated carbocycles. The molecule has 0 aliphatic heterocycles. The molecule has 1 N–H and O–H groups in total. The van der Waals surface area contributed by atoms with E-state index in [0.717, 1.165) is 11.3 Å². The molecule has 0 heterocycles. The molecule has 0 amide bonds. The second kappa shape index (κ2) is 6.87. The van der Waals surface area contributed by atoms with Gasteiger partial charge in [-0.25, -0.2) is 0 Å². The summed E-state index contributed by atoms with van der Waals surface area (Å²) < 4.78 is 10.4. The Morgan fingerprint density at radius 1 is 1.10 bits per heavy atom. The van der Waals surface area contributed by atoms with Crippen LogP contribution in [-0.2, 0) is 6.54 Å². The average Bonchev–Trinajstić information content (AvgIpc) is 2.53. The summed E-state index contributed by atoms with van der Waals surface area (Å²) in [5.41, 5.74) is 2.37. The first-order valence-electron chi connectivity index (χ1n) is 6.32.